The van der Waals surface area contributed by atoms with Gasteiger partial charge in [-0.2, -0.15) is 0 Å². The van der Waals surface area contributed by atoms with Crippen LogP contribution < -0.4 is 9.47 Å². The van der Waals surface area contributed by atoms with Crippen molar-refractivity contribution in [3.05, 3.63) is 59.7 Å². The Morgan fingerprint density at radius 2 is 1.47 bits per heavy atom. The van der Waals surface area contributed by atoms with Crippen LogP contribution in [0.3, 0.4) is 0 Å². The maximum Gasteiger partial charge on any atom is 0.306 e. The average Bonchev–Trinajstić information content (AvgIpc) is 2.76. The number of carbonyl (C=O) groups is 3. The molecule has 2 aromatic rings. The number of benzene rings is 2. The molecule has 0 saturated carbocycles. The molecule has 7 nitrogen and oxygen atoms in total. The first-order chi connectivity index (χ1) is 14.4. The molecule has 0 aliphatic heterocycles. The number of ketones is 1. The summed E-state index contributed by atoms with van der Waals surface area (Å²) in [4.78, 5) is 36.1. The highest BCUT2D eigenvalue weighted by Gasteiger charge is 2.27. The first-order valence-electron chi connectivity index (χ1n) is 9.68. The van der Waals surface area contributed by atoms with Crippen LogP contribution >= 0.6 is 0 Å². The number of rotatable bonds is 12. The van der Waals surface area contributed by atoms with E-state index in [2.05, 4.69) is 0 Å². The molecule has 7 heteroatoms. The summed E-state index contributed by atoms with van der Waals surface area (Å²) in [5.74, 6) is -0.801. The van der Waals surface area contributed by atoms with Crippen LogP contribution in [0.15, 0.2) is 48.5 Å². The molecular weight excluding hydrogens is 388 g/mol. The van der Waals surface area contributed by atoms with Crippen molar-refractivity contribution < 1.29 is 33.7 Å². The number of unbranched alkanes of at least 4 members (excludes halogenated alkanes) is 2. The molecule has 0 bridgehead atoms. The van der Waals surface area contributed by atoms with Crippen molar-refractivity contribution in [3.8, 4) is 11.5 Å². The minimum Gasteiger partial charge on any atom is -0.497 e. The minimum absolute atomic E-state index is 0.0633. The molecule has 2 rings (SSSR count). The second-order valence-electron chi connectivity index (χ2n) is 6.70. The zero-order valence-corrected chi connectivity index (χ0v) is 17.1. The molecule has 0 heterocycles. The number of carboxylic acid groups (broad SMARTS) is 1. The first-order valence-corrected chi connectivity index (χ1v) is 9.68. The van der Waals surface area contributed by atoms with E-state index >= 15 is 0 Å². The molecular formula is C23H26O7. The van der Waals surface area contributed by atoms with Gasteiger partial charge in [-0.25, -0.2) is 0 Å². The molecule has 1 N–H and O–H groups in total. The highest BCUT2D eigenvalue weighted by molar-refractivity contribution is 6.01. The van der Waals surface area contributed by atoms with E-state index in [0.29, 0.717) is 41.9 Å². The van der Waals surface area contributed by atoms with E-state index in [9.17, 15) is 14.4 Å². The highest BCUT2D eigenvalue weighted by atomic mass is 16.5. The van der Waals surface area contributed by atoms with Crippen LogP contribution in [-0.4, -0.2) is 37.0 Å². The Hall–Kier alpha value is -3.35. The number of methoxy groups -OCH3 is 2. The number of carbonyl (C=O) groups excluding carboxylic acids is 2. The van der Waals surface area contributed by atoms with Gasteiger partial charge in [-0.3, -0.25) is 14.4 Å². The van der Waals surface area contributed by atoms with Crippen molar-refractivity contribution in [1.82, 2.24) is 0 Å². The Labute approximate surface area is 175 Å². The Kier molecular flexibility index (Phi) is 8.87. The summed E-state index contributed by atoms with van der Waals surface area (Å²) in [7, 11) is 2.99. The van der Waals surface area contributed by atoms with Crippen LogP contribution in [-0.2, 0) is 14.3 Å². The Morgan fingerprint density at radius 1 is 0.867 bits per heavy atom. The van der Waals surface area contributed by atoms with Gasteiger partial charge in [0.05, 0.1) is 14.2 Å². The third-order valence-corrected chi connectivity index (χ3v) is 4.49. The van der Waals surface area contributed by atoms with Gasteiger partial charge >= 0.3 is 11.9 Å². The number of aliphatic carboxylic acids is 1. The zero-order chi connectivity index (χ0) is 21.9. The van der Waals surface area contributed by atoms with Gasteiger partial charge < -0.3 is 19.3 Å². The van der Waals surface area contributed by atoms with E-state index < -0.39 is 18.0 Å². The fraction of sp³-hybridized carbons (Fsp3) is 0.348. The lowest BCUT2D eigenvalue weighted by Gasteiger charge is -2.19. The van der Waals surface area contributed by atoms with Crippen molar-refractivity contribution in [2.45, 2.75) is 38.2 Å². The summed E-state index contributed by atoms with van der Waals surface area (Å²) < 4.78 is 16.1. The molecule has 1 atom stereocenters. The van der Waals surface area contributed by atoms with Crippen molar-refractivity contribution in [3.63, 3.8) is 0 Å². The monoisotopic (exact) mass is 414 g/mol. The molecule has 160 valence electrons. The maximum atomic E-state index is 13.1. The van der Waals surface area contributed by atoms with E-state index in [1.807, 2.05) is 0 Å². The molecule has 0 fully saturated rings. The fourth-order valence-corrected chi connectivity index (χ4v) is 2.92. The van der Waals surface area contributed by atoms with Gasteiger partial charge in [0, 0.05) is 30.0 Å². The van der Waals surface area contributed by atoms with Crippen molar-refractivity contribution in [2.24, 2.45) is 0 Å². The summed E-state index contributed by atoms with van der Waals surface area (Å²) in [5, 5.41) is 8.67. The Balaban J connectivity index is 2.19. The molecule has 0 saturated heterocycles. The smallest absolute Gasteiger partial charge is 0.306 e. The SMILES string of the molecule is COc1cc(OC)cc(C(OC(=O)CCCCCC(=O)O)C(=O)c2ccccc2)c1. The molecule has 0 aliphatic carbocycles. The van der Waals surface area contributed by atoms with Gasteiger partial charge in [0.15, 0.2) is 6.10 Å². The summed E-state index contributed by atoms with van der Waals surface area (Å²) in [6.45, 7) is 0. The summed E-state index contributed by atoms with van der Waals surface area (Å²) >= 11 is 0. The average molecular weight is 414 g/mol. The highest BCUT2D eigenvalue weighted by Crippen LogP contribution is 2.31. The van der Waals surface area contributed by atoms with Gasteiger partial charge in [-0.1, -0.05) is 36.8 Å². The van der Waals surface area contributed by atoms with E-state index in [1.165, 1.54) is 14.2 Å². The van der Waals surface area contributed by atoms with E-state index in [1.54, 1.807) is 48.5 Å². The van der Waals surface area contributed by atoms with Gasteiger partial charge in [0.25, 0.3) is 0 Å². The quantitative estimate of drug-likeness (QED) is 0.316. The number of esters is 1. The Morgan fingerprint density at radius 3 is 2.03 bits per heavy atom. The van der Waals surface area contributed by atoms with Gasteiger partial charge in [0.1, 0.15) is 11.5 Å². The standard InChI is InChI=1S/C23H26O7/c1-28-18-13-17(14-19(15-18)29-2)23(22(27)16-9-5-3-6-10-16)30-21(26)12-8-4-7-11-20(24)25/h3,5-6,9-10,13-15,23H,4,7-8,11-12H2,1-2H3,(H,24,25). The van der Waals surface area contributed by atoms with E-state index in [-0.39, 0.29) is 18.6 Å². The number of carboxylic acids is 1. The molecule has 0 aromatic heterocycles. The summed E-state index contributed by atoms with van der Waals surface area (Å²) in [6.07, 6.45) is 0.573. The topological polar surface area (TPSA) is 99.1 Å². The normalized spacial score (nSPS) is 11.4. The molecule has 0 radical (unpaired) electrons. The second kappa shape index (κ2) is 11.6. The third kappa shape index (κ3) is 6.92. The van der Waals surface area contributed by atoms with Crippen LogP contribution in [0.2, 0.25) is 0 Å². The molecule has 2 aromatic carbocycles. The molecule has 0 spiro atoms. The number of hydrogen-bond acceptors (Lipinski definition) is 6. The maximum absolute atomic E-state index is 13.1. The van der Waals surface area contributed by atoms with Gasteiger partial charge in [-0.15, -0.1) is 0 Å². The largest absolute Gasteiger partial charge is 0.497 e. The number of hydrogen-bond donors (Lipinski definition) is 1. The summed E-state index contributed by atoms with van der Waals surface area (Å²) in [6, 6.07) is 13.5. The first kappa shape index (κ1) is 22.9. The zero-order valence-electron chi connectivity index (χ0n) is 17.1. The van der Waals surface area contributed by atoms with Crippen LogP contribution in [0.4, 0.5) is 0 Å². The van der Waals surface area contributed by atoms with Crippen molar-refractivity contribution >= 4 is 17.7 Å². The number of ether oxygens (including phenoxy) is 3. The van der Waals surface area contributed by atoms with Crippen LogP contribution in [0.25, 0.3) is 0 Å². The predicted molar refractivity (Wildman–Crippen MR) is 110 cm³/mol. The molecule has 1 unspecified atom stereocenters. The predicted octanol–water partition coefficient (Wildman–Crippen LogP) is 4.21. The lowest BCUT2D eigenvalue weighted by molar-refractivity contribution is -0.147. The lowest BCUT2D eigenvalue weighted by Crippen LogP contribution is -2.20. The molecule has 30 heavy (non-hydrogen) atoms. The fourth-order valence-electron chi connectivity index (χ4n) is 2.92. The summed E-state index contributed by atoms with van der Waals surface area (Å²) in [5.41, 5.74) is 0.859. The second-order valence-corrected chi connectivity index (χ2v) is 6.70. The lowest BCUT2D eigenvalue weighted by atomic mass is 9.99. The van der Waals surface area contributed by atoms with E-state index in [4.69, 9.17) is 19.3 Å². The minimum atomic E-state index is -1.15. The van der Waals surface area contributed by atoms with Crippen LogP contribution in [0.1, 0.15) is 54.1 Å². The van der Waals surface area contributed by atoms with E-state index in [0.717, 1.165) is 0 Å². The van der Waals surface area contributed by atoms with Gasteiger partial charge in [0.2, 0.25) is 5.78 Å². The van der Waals surface area contributed by atoms with Crippen molar-refractivity contribution in [1.29, 1.82) is 0 Å². The van der Waals surface area contributed by atoms with Crippen LogP contribution in [0.5, 0.6) is 11.5 Å². The van der Waals surface area contributed by atoms with Crippen LogP contribution in [0, 0.1) is 0 Å². The Bertz CT molecular complexity index is 839. The molecule has 0 amide bonds. The third-order valence-electron chi connectivity index (χ3n) is 4.49. The van der Waals surface area contributed by atoms with Gasteiger partial charge in [-0.05, 0) is 25.0 Å². The van der Waals surface area contributed by atoms with Crippen molar-refractivity contribution in [2.75, 3.05) is 14.2 Å². The number of Topliss-reactive ketones (excluding diaryl/α,β-unsaturated/α-hetero) is 1. The molecule has 0 aliphatic rings.